The van der Waals surface area contributed by atoms with Crippen molar-refractivity contribution in [2.75, 3.05) is 13.7 Å². The highest BCUT2D eigenvalue weighted by atomic mass is 16.6. The van der Waals surface area contributed by atoms with Crippen LogP contribution in [0.3, 0.4) is 0 Å². The minimum absolute atomic E-state index is 0.0742. The lowest BCUT2D eigenvalue weighted by atomic mass is 10.2. The van der Waals surface area contributed by atoms with Gasteiger partial charge in [0.15, 0.2) is 5.82 Å². The monoisotopic (exact) mass is 196 g/mol. The van der Waals surface area contributed by atoms with Crippen molar-refractivity contribution in [3.63, 3.8) is 0 Å². The van der Waals surface area contributed by atoms with Crippen molar-refractivity contribution in [3.8, 4) is 0 Å². The van der Waals surface area contributed by atoms with Crippen LogP contribution in [0.15, 0.2) is 9.68 Å². The van der Waals surface area contributed by atoms with E-state index in [1.165, 1.54) is 7.11 Å². The van der Waals surface area contributed by atoms with Crippen molar-refractivity contribution >= 4 is 5.71 Å². The molecule has 76 valence electrons. The second-order valence-electron chi connectivity index (χ2n) is 3.16. The van der Waals surface area contributed by atoms with Gasteiger partial charge in [0, 0.05) is 13.0 Å². The molecule has 0 aliphatic carbocycles. The molecule has 14 heavy (non-hydrogen) atoms. The first-order valence-electron chi connectivity index (χ1n) is 4.42. The van der Waals surface area contributed by atoms with E-state index in [-0.39, 0.29) is 6.04 Å². The first-order valence-corrected chi connectivity index (χ1v) is 4.42. The zero-order chi connectivity index (χ0) is 9.97. The van der Waals surface area contributed by atoms with Crippen molar-refractivity contribution in [3.05, 3.63) is 11.7 Å². The average molecular weight is 196 g/mol. The zero-order valence-electron chi connectivity index (χ0n) is 8.15. The smallest absolute Gasteiger partial charge is 0.244 e. The molecule has 1 atom stereocenters. The summed E-state index contributed by atoms with van der Waals surface area (Å²) in [5, 5.41) is 10.8. The highest BCUT2D eigenvalue weighted by molar-refractivity contribution is 5.88. The van der Waals surface area contributed by atoms with Gasteiger partial charge in [0.2, 0.25) is 5.89 Å². The second kappa shape index (κ2) is 3.75. The molecule has 1 unspecified atom stereocenters. The third-order valence-corrected chi connectivity index (χ3v) is 2.05. The van der Waals surface area contributed by atoms with Crippen molar-refractivity contribution in [2.45, 2.75) is 19.4 Å². The number of oxime groups is 1. The molecule has 0 amide bonds. The number of nitrogens with zero attached hydrogens (tertiary/aromatic N) is 3. The SMILES string of the molecule is CON=C1CNC(c2nc(C)no2)C1. The van der Waals surface area contributed by atoms with E-state index in [4.69, 9.17) is 9.36 Å². The van der Waals surface area contributed by atoms with Crippen LogP contribution in [-0.4, -0.2) is 29.5 Å². The number of hydrogen-bond donors (Lipinski definition) is 1. The standard InChI is InChI=1S/C8H12N4O2/c1-5-10-8(14-11-5)7-3-6(4-9-7)12-13-2/h7,9H,3-4H2,1-2H3. The van der Waals surface area contributed by atoms with Crippen LogP contribution >= 0.6 is 0 Å². The lowest BCUT2D eigenvalue weighted by molar-refractivity contribution is 0.212. The largest absolute Gasteiger partial charge is 0.399 e. The molecule has 1 fully saturated rings. The Bertz CT molecular complexity index is 347. The lowest BCUT2D eigenvalue weighted by Crippen LogP contribution is -2.14. The van der Waals surface area contributed by atoms with E-state index < -0.39 is 0 Å². The summed E-state index contributed by atoms with van der Waals surface area (Å²) in [6.45, 7) is 2.51. The summed E-state index contributed by atoms with van der Waals surface area (Å²) in [5.41, 5.74) is 0.966. The first-order chi connectivity index (χ1) is 6.79. The van der Waals surface area contributed by atoms with Crippen LogP contribution in [0.1, 0.15) is 24.2 Å². The van der Waals surface area contributed by atoms with Gasteiger partial charge < -0.3 is 14.7 Å². The Hall–Kier alpha value is -1.43. The molecule has 0 spiro atoms. The Morgan fingerprint density at radius 1 is 1.64 bits per heavy atom. The van der Waals surface area contributed by atoms with Gasteiger partial charge in [-0.2, -0.15) is 4.98 Å². The molecule has 1 aliphatic rings. The van der Waals surface area contributed by atoms with Gasteiger partial charge >= 0.3 is 0 Å². The molecule has 2 rings (SSSR count). The van der Waals surface area contributed by atoms with Crippen LogP contribution in [0.5, 0.6) is 0 Å². The van der Waals surface area contributed by atoms with E-state index in [9.17, 15) is 0 Å². The normalized spacial score (nSPS) is 24.4. The maximum absolute atomic E-state index is 5.06. The van der Waals surface area contributed by atoms with Gasteiger partial charge in [-0.1, -0.05) is 10.3 Å². The molecule has 1 saturated heterocycles. The van der Waals surface area contributed by atoms with Gasteiger partial charge in [-0.25, -0.2) is 0 Å². The van der Waals surface area contributed by atoms with E-state index in [1.807, 2.05) is 0 Å². The zero-order valence-corrected chi connectivity index (χ0v) is 8.15. The minimum atomic E-state index is 0.0742. The molecule has 0 saturated carbocycles. The molecule has 2 heterocycles. The Kier molecular flexibility index (Phi) is 2.45. The molecular weight excluding hydrogens is 184 g/mol. The Balaban J connectivity index is 2.05. The fourth-order valence-electron chi connectivity index (χ4n) is 1.45. The number of aromatic nitrogens is 2. The van der Waals surface area contributed by atoms with Gasteiger partial charge in [0.05, 0.1) is 11.8 Å². The molecule has 1 aromatic rings. The van der Waals surface area contributed by atoms with E-state index in [0.717, 1.165) is 12.1 Å². The van der Waals surface area contributed by atoms with Crippen molar-refractivity contribution in [1.82, 2.24) is 15.5 Å². The van der Waals surface area contributed by atoms with Crippen molar-refractivity contribution in [2.24, 2.45) is 5.16 Å². The molecule has 1 aliphatic heterocycles. The summed E-state index contributed by atoms with van der Waals surface area (Å²) < 4.78 is 5.06. The van der Waals surface area contributed by atoms with Crippen LogP contribution in [0.2, 0.25) is 0 Å². The molecule has 0 aromatic carbocycles. The highest BCUT2D eigenvalue weighted by Crippen LogP contribution is 2.19. The van der Waals surface area contributed by atoms with Gasteiger partial charge in [0.25, 0.3) is 0 Å². The highest BCUT2D eigenvalue weighted by Gasteiger charge is 2.26. The van der Waals surface area contributed by atoms with Gasteiger partial charge in [-0.05, 0) is 6.92 Å². The summed E-state index contributed by atoms with van der Waals surface area (Å²) in [6, 6.07) is 0.0742. The van der Waals surface area contributed by atoms with Crippen LogP contribution in [0, 0.1) is 6.92 Å². The van der Waals surface area contributed by atoms with E-state index in [1.54, 1.807) is 6.92 Å². The summed E-state index contributed by atoms with van der Waals surface area (Å²) in [7, 11) is 1.54. The Morgan fingerprint density at radius 2 is 2.50 bits per heavy atom. The summed E-state index contributed by atoms with van der Waals surface area (Å²) in [4.78, 5) is 8.85. The maximum atomic E-state index is 5.06. The Labute approximate surface area is 81.3 Å². The first kappa shape index (κ1) is 9.14. The molecule has 1 N–H and O–H groups in total. The third kappa shape index (κ3) is 1.74. The van der Waals surface area contributed by atoms with Gasteiger partial charge in [0.1, 0.15) is 7.11 Å². The minimum Gasteiger partial charge on any atom is -0.399 e. The topological polar surface area (TPSA) is 72.5 Å². The van der Waals surface area contributed by atoms with Gasteiger partial charge in [-0.3, -0.25) is 0 Å². The summed E-state index contributed by atoms with van der Waals surface area (Å²) >= 11 is 0. The molecule has 1 aromatic heterocycles. The average Bonchev–Trinajstić information content (AvgIpc) is 2.74. The number of aryl methyl sites for hydroxylation is 1. The van der Waals surface area contributed by atoms with Crippen LogP contribution in [0.4, 0.5) is 0 Å². The lowest BCUT2D eigenvalue weighted by Gasteiger charge is -2.00. The van der Waals surface area contributed by atoms with Crippen LogP contribution in [0.25, 0.3) is 0 Å². The number of rotatable bonds is 2. The molecule has 0 radical (unpaired) electrons. The van der Waals surface area contributed by atoms with E-state index in [0.29, 0.717) is 18.3 Å². The molecule has 0 bridgehead atoms. The fraction of sp³-hybridized carbons (Fsp3) is 0.625. The maximum Gasteiger partial charge on any atom is 0.244 e. The second-order valence-corrected chi connectivity index (χ2v) is 3.16. The fourth-order valence-corrected chi connectivity index (χ4v) is 1.45. The van der Waals surface area contributed by atoms with Crippen LogP contribution in [-0.2, 0) is 4.84 Å². The molecule has 6 nitrogen and oxygen atoms in total. The third-order valence-electron chi connectivity index (χ3n) is 2.05. The molecular formula is C8H12N4O2. The summed E-state index contributed by atoms with van der Waals surface area (Å²) in [5.74, 6) is 1.27. The van der Waals surface area contributed by atoms with E-state index in [2.05, 4.69) is 20.6 Å². The van der Waals surface area contributed by atoms with Crippen molar-refractivity contribution < 1.29 is 9.36 Å². The Morgan fingerprint density at radius 3 is 3.14 bits per heavy atom. The van der Waals surface area contributed by atoms with Crippen molar-refractivity contribution in [1.29, 1.82) is 0 Å². The van der Waals surface area contributed by atoms with Gasteiger partial charge in [-0.15, -0.1) is 0 Å². The number of nitrogens with one attached hydrogen (secondary N) is 1. The predicted octanol–water partition coefficient (Wildman–Crippen LogP) is 0.415. The summed E-state index contributed by atoms with van der Waals surface area (Å²) in [6.07, 6.45) is 0.759. The molecule has 6 heteroatoms. The van der Waals surface area contributed by atoms with Crippen LogP contribution < -0.4 is 5.32 Å². The quantitative estimate of drug-likeness (QED) is 0.694. The van der Waals surface area contributed by atoms with E-state index >= 15 is 0 Å². The predicted molar refractivity (Wildman–Crippen MR) is 48.8 cm³/mol. The number of hydrogen-bond acceptors (Lipinski definition) is 6.